The summed E-state index contributed by atoms with van der Waals surface area (Å²) in [4.78, 5) is 45.8. The predicted molar refractivity (Wildman–Crippen MR) is 213 cm³/mol. The standard InChI is InChI=1S/C45H57NO12/c1-26(2)20-37(47)53-24-32-21-36-42(49)55-35-22-34(58-44(23-35)19-18-27(3)30(6)57-44)17-16-29(5)40(56-43(50)38(46-52-7)31-13-9-8-10-14-31)28(4)12-11-15-33-25-54-41(39(32)48)45(33,36)51/h8-16,20-21,27-28,30,34-36,39-41,48,51H,17-19,22-25H2,1-7H3/b12-11+,29-16+,33-15+,46-38?/t27-,28-,30+,34+,35-,36?,39+,40+,41?,44?,45+/m0/s1. The zero-order valence-corrected chi connectivity index (χ0v) is 34.4. The zero-order valence-electron chi connectivity index (χ0n) is 34.4. The summed E-state index contributed by atoms with van der Waals surface area (Å²) in [7, 11) is 1.36. The van der Waals surface area contributed by atoms with Crippen LogP contribution in [-0.2, 0) is 47.6 Å². The van der Waals surface area contributed by atoms with Crippen molar-refractivity contribution in [3.8, 4) is 0 Å². The Morgan fingerprint density at radius 1 is 1.09 bits per heavy atom. The second kappa shape index (κ2) is 18.3. The average molecular weight is 804 g/mol. The fourth-order valence-corrected chi connectivity index (χ4v) is 8.53. The highest BCUT2D eigenvalue weighted by atomic mass is 16.7. The summed E-state index contributed by atoms with van der Waals surface area (Å²) in [5, 5.41) is 28.1. The van der Waals surface area contributed by atoms with Crippen LogP contribution >= 0.6 is 0 Å². The summed E-state index contributed by atoms with van der Waals surface area (Å²) in [5.41, 5.74) is 0.587. The molecule has 4 heterocycles. The molecule has 1 aliphatic carbocycles. The lowest BCUT2D eigenvalue weighted by Gasteiger charge is -2.49. The summed E-state index contributed by atoms with van der Waals surface area (Å²) in [6, 6.07) is 8.92. The third-order valence-electron chi connectivity index (χ3n) is 11.8. The number of nitrogens with zero attached hydrogens (tertiary/aromatic N) is 1. The van der Waals surface area contributed by atoms with Gasteiger partial charge in [-0.05, 0) is 63.2 Å². The smallest absolute Gasteiger partial charge is 0.361 e. The highest BCUT2D eigenvalue weighted by Crippen LogP contribution is 2.47. The SMILES string of the molecule is CON=C(C(=O)O[C@H]1/C(C)=C/C[C@@H]2C[C@@H](CC3(CC[C@H](C)[C@@H](C)O3)O2)OC(=O)C2C=C(COC(=O)C=C(C)C)[C@@H](O)C3OC/C(=C\C=C\[C@@H]1C)[C@@]23O)c1ccccc1. The van der Waals surface area contributed by atoms with Crippen molar-refractivity contribution in [2.45, 2.75) is 122 Å². The van der Waals surface area contributed by atoms with Gasteiger partial charge in [-0.15, -0.1) is 0 Å². The molecule has 314 valence electrons. The Hall–Kier alpha value is -4.40. The molecule has 2 N–H and O–H groups in total. The van der Waals surface area contributed by atoms with E-state index >= 15 is 0 Å². The fourth-order valence-electron chi connectivity index (χ4n) is 8.53. The monoisotopic (exact) mass is 803 g/mol. The summed E-state index contributed by atoms with van der Waals surface area (Å²) < 4.78 is 37.3. The molecule has 0 amide bonds. The molecular weight excluding hydrogens is 746 g/mol. The minimum Gasteiger partial charge on any atom is -0.462 e. The summed E-state index contributed by atoms with van der Waals surface area (Å²) in [5.74, 6) is -4.41. The maximum atomic E-state index is 14.5. The van der Waals surface area contributed by atoms with Gasteiger partial charge in [0, 0.05) is 36.8 Å². The van der Waals surface area contributed by atoms with Crippen molar-refractivity contribution in [1.82, 2.24) is 0 Å². The van der Waals surface area contributed by atoms with E-state index in [2.05, 4.69) is 12.1 Å². The molecule has 13 heteroatoms. The number of fused-ring (bicyclic) bond motifs is 2. The Morgan fingerprint density at radius 3 is 2.55 bits per heavy atom. The third-order valence-corrected chi connectivity index (χ3v) is 11.8. The number of aliphatic hydroxyl groups excluding tert-OH is 1. The molecule has 3 saturated heterocycles. The Bertz CT molecular complexity index is 1880. The topological polar surface area (TPSA) is 169 Å². The quantitative estimate of drug-likeness (QED) is 0.0877. The first-order valence-electron chi connectivity index (χ1n) is 20.2. The molecular formula is C45H57NO12. The van der Waals surface area contributed by atoms with Crippen molar-refractivity contribution in [2.75, 3.05) is 20.3 Å². The lowest BCUT2D eigenvalue weighted by Crippen LogP contribution is -2.58. The molecule has 58 heavy (non-hydrogen) atoms. The van der Waals surface area contributed by atoms with Gasteiger partial charge in [0.05, 0.1) is 18.8 Å². The van der Waals surface area contributed by atoms with Gasteiger partial charge in [-0.3, -0.25) is 4.79 Å². The number of hydrogen-bond acceptors (Lipinski definition) is 13. The second-order valence-corrected chi connectivity index (χ2v) is 16.5. The second-order valence-electron chi connectivity index (χ2n) is 16.5. The Balaban J connectivity index is 1.40. The maximum absolute atomic E-state index is 14.5. The van der Waals surface area contributed by atoms with Crippen molar-refractivity contribution in [3.63, 3.8) is 0 Å². The van der Waals surface area contributed by atoms with Crippen LogP contribution in [0.25, 0.3) is 0 Å². The van der Waals surface area contributed by atoms with Gasteiger partial charge in [0.25, 0.3) is 0 Å². The predicted octanol–water partition coefficient (Wildman–Crippen LogP) is 5.60. The zero-order chi connectivity index (χ0) is 41.8. The van der Waals surface area contributed by atoms with E-state index in [0.717, 1.165) is 17.6 Å². The molecule has 1 spiro atoms. The lowest BCUT2D eigenvalue weighted by atomic mass is 9.70. The maximum Gasteiger partial charge on any atom is 0.361 e. The molecule has 6 rings (SSSR count). The largest absolute Gasteiger partial charge is 0.462 e. The van der Waals surface area contributed by atoms with Gasteiger partial charge in [0.2, 0.25) is 0 Å². The minimum absolute atomic E-state index is 0.0127. The summed E-state index contributed by atoms with van der Waals surface area (Å²) in [6.45, 7) is 11.0. The highest BCUT2D eigenvalue weighted by molar-refractivity contribution is 6.43. The molecule has 0 saturated carbocycles. The van der Waals surface area contributed by atoms with Gasteiger partial charge < -0.3 is 43.5 Å². The molecule has 2 bridgehead atoms. The van der Waals surface area contributed by atoms with E-state index in [0.29, 0.717) is 36.3 Å². The van der Waals surface area contributed by atoms with E-state index in [9.17, 15) is 24.6 Å². The van der Waals surface area contributed by atoms with Crippen LogP contribution in [0, 0.1) is 17.8 Å². The number of hydrogen-bond donors (Lipinski definition) is 2. The van der Waals surface area contributed by atoms with Crippen molar-refractivity contribution in [1.29, 1.82) is 0 Å². The van der Waals surface area contributed by atoms with Gasteiger partial charge >= 0.3 is 17.9 Å². The van der Waals surface area contributed by atoms with Crippen LogP contribution in [0.2, 0.25) is 0 Å². The Labute approximate surface area is 340 Å². The molecule has 1 aromatic carbocycles. The van der Waals surface area contributed by atoms with Crippen LogP contribution in [0.4, 0.5) is 0 Å². The summed E-state index contributed by atoms with van der Waals surface area (Å²) >= 11 is 0. The fraction of sp³-hybridized carbons (Fsp3) is 0.556. The highest BCUT2D eigenvalue weighted by Gasteiger charge is 2.60. The number of rotatable bonds is 7. The average Bonchev–Trinajstić information content (AvgIpc) is 3.52. The molecule has 13 nitrogen and oxygen atoms in total. The number of carbonyl (C=O) groups is 3. The number of esters is 3. The number of aliphatic hydroxyl groups is 2. The van der Waals surface area contributed by atoms with Crippen LogP contribution in [0.5, 0.6) is 0 Å². The molecule has 0 aromatic heterocycles. The normalized spacial score (nSPS) is 37.7. The van der Waals surface area contributed by atoms with Gasteiger partial charge in [-0.25, -0.2) is 9.59 Å². The molecule has 0 radical (unpaired) electrons. The summed E-state index contributed by atoms with van der Waals surface area (Å²) in [6.07, 6.45) is 7.80. The molecule has 4 aliphatic heterocycles. The molecule has 11 atom stereocenters. The Kier molecular flexibility index (Phi) is 13.6. The number of benzene rings is 1. The van der Waals surface area contributed by atoms with Crippen LogP contribution in [0.15, 0.2) is 94.2 Å². The van der Waals surface area contributed by atoms with Gasteiger partial charge in [0.1, 0.15) is 49.7 Å². The van der Waals surface area contributed by atoms with Crippen LogP contribution < -0.4 is 0 Å². The third kappa shape index (κ3) is 9.39. The first-order chi connectivity index (χ1) is 27.6. The van der Waals surface area contributed by atoms with Gasteiger partial charge in [-0.1, -0.05) is 85.3 Å². The molecule has 1 aromatic rings. The first kappa shape index (κ1) is 43.2. The molecule has 3 fully saturated rings. The van der Waals surface area contributed by atoms with Gasteiger partial charge in [0.15, 0.2) is 11.5 Å². The van der Waals surface area contributed by atoms with Crippen molar-refractivity contribution in [3.05, 3.63) is 94.6 Å². The van der Waals surface area contributed by atoms with Crippen LogP contribution in [-0.4, -0.2) is 102 Å². The van der Waals surface area contributed by atoms with Crippen molar-refractivity contribution in [2.24, 2.45) is 22.9 Å². The molecule has 3 unspecified atom stereocenters. The first-order valence-corrected chi connectivity index (χ1v) is 20.2. The van der Waals surface area contributed by atoms with Crippen LogP contribution in [0.1, 0.15) is 79.2 Å². The van der Waals surface area contributed by atoms with Crippen molar-refractivity contribution >= 4 is 23.6 Å². The number of oxime groups is 1. The van der Waals surface area contributed by atoms with E-state index in [1.165, 1.54) is 19.3 Å². The Morgan fingerprint density at radius 2 is 1.84 bits per heavy atom. The lowest BCUT2D eigenvalue weighted by molar-refractivity contribution is -0.332. The van der Waals surface area contributed by atoms with E-state index < -0.39 is 71.7 Å². The van der Waals surface area contributed by atoms with E-state index in [-0.39, 0.29) is 37.0 Å². The number of ether oxygens (including phenoxy) is 6. The van der Waals surface area contributed by atoms with E-state index in [1.807, 2.05) is 39.0 Å². The van der Waals surface area contributed by atoms with E-state index in [1.54, 1.807) is 50.3 Å². The van der Waals surface area contributed by atoms with Gasteiger partial charge in [-0.2, -0.15) is 0 Å². The number of allylic oxidation sites excluding steroid dienone is 3. The van der Waals surface area contributed by atoms with E-state index in [4.69, 9.17) is 33.3 Å². The van der Waals surface area contributed by atoms with Crippen LogP contribution in [0.3, 0.4) is 0 Å². The van der Waals surface area contributed by atoms with Crippen molar-refractivity contribution < 1.29 is 57.9 Å². The molecule has 5 aliphatic rings. The minimum atomic E-state index is -2.01. The number of carbonyl (C=O) groups excluding carboxylic acids is 3.